The van der Waals surface area contributed by atoms with Gasteiger partial charge in [-0.15, -0.1) is 10.2 Å². The highest BCUT2D eigenvalue weighted by molar-refractivity contribution is 7.99. The van der Waals surface area contributed by atoms with Crippen molar-refractivity contribution < 1.29 is 4.79 Å². The van der Waals surface area contributed by atoms with Gasteiger partial charge >= 0.3 is 0 Å². The molecule has 0 saturated carbocycles. The zero-order valence-electron chi connectivity index (χ0n) is 15.8. The van der Waals surface area contributed by atoms with Crippen molar-refractivity contribution in [1.29, 1.82) is 0 Å². The Labute approximate surface area is 163 Å². The zero-order valence-corrected chi connectivity index (χ0v) is 16.6. The van der Waals surface area contributed by atoms with Gasteiger partial charge in [-0.05, 0) is 56.2 Å². The third-order valence-corrected chi connectivity index (χ3v) is 4.90. The van der Waals surface area contributed by atoms with Crippen LogP contribution in [0.5, 0.6) is 0 Å². The van der Waals surface area contributed by atoms with Crippen LogP contribution in [0.4, 0.5) is 5.69 Å². The summed E-state index contributed by atoms with van der Waals surface area (Å²) in [5, 5.41) is 16.4. The molecule has 0 fully saturated rings. The lowest BCUT2D eigenvalue weighted by molar-refractivity contribution is -0.113. The molecule has 2 aromatic heterocycles. The maximum Gasteiger partial charge on any atom is 0.234 e. The van der Waals surface area contributed by atoms with Crippen molar-refractivity contribution in [2.24, 2.45) is 0 Å². The molecule has 27 heavy (non-hydrogen) atoms. The third kappa shape index (κ3) is 5.17. The summed E-state index contributed by atoms with van der Waals surface area (Å²) in [6, 6.07) is 13.7. The van der Waals surface area contributed by atoms with Gasteiger partial charge in [-0.25, -0.2) is 4.68 Å². The van der Waals surface area contributed by atoms with E-state index in [1.807, 2.05) is 44.2 Å². The first-order valence-electron chi connectivity index (χ1n) is 8.94. The fraction of sp³-hybridized carbons (Fsp3) is 0.300. The number of aromatic nitrogens is 4. The Morgan fingerprint density at radius 2 is 1.89 bits per heavy atom. The van der Waals surface area contributed by atoms with Gasteiger partial charge in [0.2, 0.25) is 5.91 Å². The Hall–Kier alpha value is -2.67. The Morgan fingerprint density at radius 3 is 2.48 bits per heavy atom. The van der Waals surface area contributed by atoms with Crippen molar-refractivity contribution in [2.75, 3.05) is 11.1 Å². The van der Waals surface area contributed by atoms with Crippen LogP contribution < -0.4 is 5.32 Å². The normalized spacial score (nSPS) is 10.8. The zero-order chi connectivity index (χ0) is 19.2. The summed E-state index contributed by atoms with van der Waals surface area (Å²) in [5.41, 5.74) is 4.04. The molecule has 140 valence electrons. The number of hydrogen-bond acceptors (Lipinski definition) is 5. The smallest absolute Gasteiger partial charge is 0.234 e. The highest BCUT2D eigenvalue weighted by atomic mass is 32.2. The molecule has 2 heterocycles. The largest absolute Gasteiger partial charge is 0.325 e. The molecular weight excluding hydrogens is 358 g/mol. The molecule has 1 aromatic carbocycles. The number of thioether (sulfide) groups is 1. The van der Waals surface area contributed by atoms with Crippen LogP contribution in [0.3, 0.4) is 0 Å². The van der Waals surface area contributed by atoms with Crippen LogP contribution in [0.1, 0.15) is 30.3 Å². The van der Waals surface area contributed by atoms with Crippen molar-refractivity contribution in [3.63, 3.8) is 0 Å². The lowest BCUT2D eigenvalue weighted by Gasteiger charge is -2.06. The molecular formula is C20H23N5OS. The quantitative estimate of drug-likeness (QED) is 0.627. The first-order chi connectivity index (χ1) is 13.0. The minimum Gasteiger partial charge on any atom is -0.325 e. The second-order valence-electron chi connectivity index (χ2n) is 6.35. The molecule has 0 aliphatic rings. The standard InChI is InChI=1S/C20H23N5OS/c1-4-5-16-6-8-17(9-7-16)21-19(26)13-27-20-11-10-18(22-23-20)25-15(3)12-14(2)24-25/h6-12H,4-5,13H2,1-3H3,(H,21,26). The second kappa shape index (κ2) is 8.81. The van der Waals surface area contributed by atoms with Crippen LogP contribution in [-0.2, 0) is 11.2 Å². The first kappa shape index (κ1) is 19.1. The van der Waals surface area contributed by atoms with E-state index in [-0.39, 0.29) is 11.7 Å². The summed E-state index contributed by atoms with van der Waals surface area (Å²) in [5.74, 6) is 0.888. The monoisotopic (exact) mass is 381 g/mol. The number of nitrogens with zero attached hydrogens (tertiary/aromatic N) is 4. The van der Waals surface area contributed by atoms with E-state index in [0.29, 0.717) is 10.8 Å². The predicted octanol–water partition coefficient (Wildman–Crippen LogP) is 3.96. The Kier molecular flexibility index (Phi) is 6.24. The van der Waals surface area contributed by atoms with E-state index in [1.54, 1.807) is 4.68 Å². The van der Waals surface area contributed by atoms with E-state index in [2.05, 4.69) is 39.7 Å². The summed E-state index contributed by atoms with van der Waals surface area (Å²) in [7, 11) is 0. The Bertz CT molecular complexity index is 903. The average molecular weight is 382 g/mol. The Morgan fingerprint density at radius 1 is 1.11 bits per heavy atom. The maximum atomic E-state index is 12.1. The van der Waals surface area contributed by atoms with Crippen LogP contribution in [0.2, 0.25) is 0 Å². The summed E-state index contributed by atoms with van der Waals surface area (Å²) >= 11 is 1.36. The molecule has 3 aromatic rings. The maximum absolute atomic E-state index is 12.1. The number of aryl methyl sites for hydroxylation is 3. The average Bonchev–Trinajstić information content (AvgIpc) is 3.00. The molecule has 7 heteroatoms. The predicted molar refractivity (Wildman–Crippen MR) is 108 cm³/mol. The van der Waals surface area contributed by atoms with Crippen LogP contribution >= 0.6 is 11.8 Å². The van der Waals surface area contributed by atoms with Gasteiger partial charge in [0.15, 0.2) is 5.82 Å². The van der Waals surface area contributed by atoms with E-state index in [1.165, 1.54) is 17.3 Å². The van der Waals surface area contributed by atoms with Gasteiger partial charge < -0.3 is 5.32 Å². The van der Waals surface area contributed by atoms with Crippen molar-refractivity contribution in [1.82, 2.24) is 20.0 Å². The summed E-state index contributed by atoms with van der Waals surface area (Å²) in [6.07, 6.45) is 2.16. The van der Waals surface area contributed by atoms with Crippen LogP contribution in [0.15, 0.2) is 47.5 Å². The number of benzene rings is 1. The fourth-order valence-corrected chi connectivity index (χ4v) is 3.36. The number of amides is 1. The molecule has 0 saturated heterocycles. The molecule has 6 nitrogen and oxygen atoms in total. The molecule has 0 aliphatic heterocycles. The summed E-state index contributed by atoms with van der Waals surface area (Å²) < 4.78 is 1.76. The first-order valence-corrected chi connectivity index (χ1v) is 9.92. The summed E-state index contributed by atoms with van der Waals surface area (Å²) in [6.45, 7) is 6.07. The van der Waals surface area contributed by atoms with Gasteiger partial charge in [0.1, 0.15) is 5.03 Å². The number of rotatable bonds is 7. The SMILES string of the molecule is CCCc1ccc(NC(=O)CSc2ccc(-n3nc(C)cc3C)nn2)cc1. The molecule has 0 radical (unpaired) electrons. The van der Waals surface area contributed by atoms with E-state index in [0.717, 1.165) is 29.9 Å². The number of nitrogens with one attached hydrogen (secondary N) is 1. The molecule has 0 aliphatic carbocycles. The number of hydrogen-bond donors (Lipinski definition) is 1. The van der Waals surface area contributed by atoms with E-state index in [4.69, 9.17) is 0 Å². The number of carbonyl (C=O) groups excluding carboxylic acids is 1. The van der Waals surface area contributed by atoms with E-state index < -0.39 is 0 Å². The van der Waals surface area contributed by atoms with Crippen LogP contribution in [0, 0.1) is 13.8 Å². The minimum absolute atomic E-state index is 0.0623. The molecule has 0 unspecified atom stereocenters. The van der Waals surface area contributed by atoms with Crippen molar-refractivity contribution in [2.45, 2.75) is 38.6 Å². The van der Waals surface area contributed by atoms with Gasteiger partial charge in [0, 0.05) is 11.4 Å². The molecule has 1 amide bonds. The minimum atomic E-state index is -0.0623. The lowest BCUT2D eigenvalue weighted by atomic mass is 10.1. The molecule has 0 spiro atoms. The highest BCUT2D eigenvalue weighted by Gasteiger charge is 2.08. The lowest BCUT2D eigenvalue weighted by Crippen LogP contribution is -2.14. The van der Waals surface area contributed by atoms with Crippen LogP contribution in [-0.4, -0.2) is 31.6 Å². The van der Waals surface area contributed by atoms with Crippen molar-refractivity contribution in [3.8, 4) is 5.82 Å². The van der Waals surface area contributed by atoms with Crippen LogP contribution in [0.25, 0.3) is 5.82 Å². The van der Waals surface area contributed by atoms with Crippen molar-refractivity contribution >= 4 is 23.4 Å². The number of anilines is 1. The Balaban J connectivity index is 1.53. The van der Waals surface area contributed by atoms with Gasteiger partial charge in [-0.2, -0.15) is 5.10 Å². The van der Waals surface area contributed by atoms with Gasteiger partial charge in [0.05, 0.1) is 11.4 Å². The number of carbonyl (C=O) groups is 1. The molecule has 1 N–H and O–H groups in total. The van der Waals surface area contributed by atoms with Gasteiger partial charge in [-0.3, -0.25) is 4.79 Å². The van der Waals surface area contributed by atoms with E-state index >= 15 is 0 Å². The second-order valence-corrected chi connectivity index (χ2v) is 7.35. The highest BCUT2D eigenvalue weighted by Crippen LogP contribution is 2.17. The fourth-order valence-electron chi connectivity index (χ4n) is 2.74. The molecule has 0 atom stereocenters. The molecule has 0 bridgehead atoms. The van der Waals surface area contributed by atoms with Crippen molar-refractivity contribution in [3.05, 3.63) is 59.4 Å². The van der Waals surface area contributed by atoms with E-state index in [9.17, 15) is 4.79 Å². The van der Waals surface area contributed by atoms with Gasteiger partial charge in [0.25, 0.3) is 0 Å². The third-order valence-electron chi connectivity index (χ3n) is 3.98. The van der Waals surface area contributed by atoms with Gasteiger partial charge in [-0.1, -0.05) is 37.2 Å². The molecule has 3 rings (SSSR count). The topological polar surface area (TPSA) is 72.7 Å². The summed E-state index contributed by atoms with van der Waals surface area (Å²) in [4.78, 5) is 12.1.